The summed E-state index contributed by atoms with van der Waals surface area (Å²) in [5.74, 6) is 1.24. The molecule has 1 aromatic rings. The lowest BCUT2D eigenvalue weighted by molar-refractivity contribution is 0.00445. The van der Waals surface area contributed by atoms with Crippen LogP contribution in [0.25, 0.3) is 0 Å². The lowest BCUT2D eigenvalue weighted by atomic mass is 10.2. The Morgan fingerprint density at radius 3 is 2.76 bits per heavy atom. The molecular weight excluding hydrogens is 378 g/mol. The molecule has 2 N–H and O–H groups in total. The number of morpholine rings is 1. The van der Waals surface area contributed by atoms with Crippen molar-refractivity contribution in [1.82, 2.24) is 15.1 Å². The number of hydrogen-bond acceptors (Lipinski definition) is 8. The summed E-state index contributed by atoms with van der Waals surface area (Å²) in [6.45, 7) is 6.94. The highest BCUT2D eigenvalue weighted by Gasteiger charge is 2.20. The summed E-state index contributed by atoms with van der Waals surface area (Å²) in [4.78, 5) is 15.3. The van der Waals surface area contributed by atoms with Crippen LogP contribution in [0.3, 0.4) is 0 Å². The summed E-state index contributed by atoms with van der Waals surface area (Å²) < 4.78 is 21.4. The van der Waals surface area contributed by atoms with Crippen molar-refractivity contribution in [2.24, 2.45) is 0 Å². The number of aliphatic hydroxyl groups excluding tert-OH is 1. The predicted octanol–water partition coefficient (Wildman–Crippen LogP) is 0.309. The number of benzene rings is 1. The van der Waals surface area contributed by atoms with E-state index in [0.717, 1.165) is 18.7 Å². The number of rotatable bonds is 11. The lowest BCUT2D eigenvalue weighted by Gasteiger charge is -2.28. The molecule has 2 heterocycles. The van der Waals surface area contributed by atoms with Crippen LogP contribution in [-0.2, 0) is 16.0 Å². The Hall–Kier alpha value is -2.07. The van der Waals surface area contributed by atoms with Gasteiger partial charge in [0.15, 0.2) is 11.5 Å². The fourth-order valence-corrected chi connectivity index (χ4v) is 3.34. The van der Waals surface area contributed by atoms with E-state index < -0.39 is 6.10 Å². The molecule has 2 fully saturated rings. The third kappa shape index (κ3) is 6.74. The molecule has 2 aliphatic heterocycles. The van der Waals surface area contributed by atoms with Gasteiger partial charge >= 0.3 is 6.09 Å². The zero-order valence-electron chi connectivity index (χ0n) is 17.0. The van der Waals surface area contributed by atoms with Crippen LogP contribution in [0.15, 0.2) is 18.2 Å². The maximum absolute atomic E-state index is 11.4. The van der Waals surface area contributed by atoms with Gasteiger partial charge in [-0.25, -0.2) is 4.79 Å². The number of nitrogens with one attached hydrogen (secondary N) is 1. The summed E-state index contributed by atoms with van der Waals surface area (Å²) in [5.41, 5.74) is 1.05. The summed E-state index contributed by atoms with van der Waals surface area (Å²) >= 11 is 0. The van der Waals surface area contributed by atoms with Crippen molar-refractivity contribution in [3.63, 3.8) is 0 Å². The lowest BCUT2D eigenvalue weighted by Crippen LogP contribution is -2.42. The smallest absolute Gasteiger partial charge is 0.409 e. The zero-order valence-corrected chi connectivity index (χ0v) is 17.0. The van der Waals surface area contributed by atoms with E-state index in [0.29, 0.717) is 64.0 Å². The van der Waals surface area contributed by atoms with Crippen molar-refractivity contribution < 1.29 is 28.8 Å². The van der Waals surface area contributed by atoms with Gasteiger partial charge in [-0.15, -0.1) is 0 Å². The summed E-state index contributed by atoms with van der Waals surface area (Å²) in [6.07, 6.45) is -0.817. The first-order valence-corrected chi connectivity index (χ1v) is 10.1. The molecular formula is C20H31N3O6. The number of carbonyl (C=O) groups excluding carboxylic acids is 1. The highest BCUT2D eigenvalue weighted by Crippen LogP contribution is 2.28. The molecule has 162 valence electrons. The first-order valence-electron chi connectivity index (χ1n) is 10.1. The second-order valence-corrected chi connectivity index (χ2v) is 7.14. The molecule has 1 aromatic carbocycles. The van der Waals surface area contributed by atoms with Gasteiger partial charge in [-0.1, -0.05) is 6.07 Å². The minimum Gasteiger partial charge on any atom is -0.493 e. The third-order valence-corrected chi connectivity index (χ3v) is 4.96. The van der Waals surface area contributed by atoms with E-state index in [2.05, 4.69) is 10.2 Å². The fourth-order valence-electron chi connectivity index (χ4n) is 3.34. The topological polar surface area (TPSA) is 92.7 Å². The maximum Gasteiger partial charge on any atom is 0.409 e. The standard InChI is InChI=1S/C20H31N3O6/c1-26-19-12-16(13-21-4-5-23-8-11-28-20(23)25)2-3-18(19)29-15-17(24)14-22-6-9-27-10-7-22/h2-3,12,17,21,24H,4-11,13-15H2,1H3. The van der Waals surface area contributed by atoms with Crippen LogP contribution in [0.1, 0.15) is 5.56 Å². The average Bonchev–Trinajstić information content (AvgIpc) is 3.15. The van der Waals surface area contributed by atoms with Crippen molar-refractivity contribution in [3.8, 4) is 11.5 Å². The number of amides is 1. The van der Waals surface area contributed by atoms with Crippen molar-refractivity contribution in [2.45, 2.75) is 12.6 Å². The molecule has 1 atom stereocenters. The average molecular weight is 409 g/mol. The van der Waals surface area contributed by atoms with Gasteiger partial charge in [0.1, 0.15) is 19.3 Å². The molecule has 2 saturated heterocycles. The largest absolute Gasteiger partial charge is 0.493 e. The molecule has 29 heavy (non-hydrogen) atoms. The van der Waals surface area contributed by atoms with Crippen LogP contribution in [0.4, 0.5) is 4.79 Å². The normalized spacial score (nSPS) is 18.6. The van der Waals surface area contributed by atoms with E-state index >= 15 is 0 Å². The molecule has 0 spiro atoms. The molecule has 0 radical (unpaired) electrons. The number of nitrogens with zero attached hydrogens (tertiary/aromatic N) is 2. The Labute approximate surface area is 171 Å². The fraction of sp³-hybridized carbons (Fsp3) is 0.650. The number of hydrogen-bond donors (Lipinski definition) is 2. The molecule has 0 aromatic heterocycles. The minimum absolute atomic E-state index is 0.206. The van der Waals surface area contributed by atoms with Crippen LogP contribution >= 0.6 is 0 Å². The highest BCUT2D eigenvalue weighted by atomic mass is 16.6. The monoisotopic (exact) mass is 409 g/mol. The van der Waals surface area contributed by atoms with Crippen LogP contribution in [0, 0.1) is 0 Å². The Morgan fingerprint density at radius 2 is 2.03 bits per heavy atom. The van der Waals surface area contributed by atoms with Gasteiger partial charge in [0, 0.05) is 39.3 Å². The van der Waals surface area contributed by atoms with Crippen molar-refractivity contribution in [3.05, 3.63) is 23.8 Å². The van der Waals surface area contributed by atoms with Gasteiger partial charge in [0.25, 0.3) is 0 Å². The Kier molecular flexibility index (Phi) is 8.36. The number of aliphatic hydroxyl groups is 1. The number of methoxy groups -OCH3 is 1. The SMILES string of the molecule is COc1cc(CNCCN2CCOC2=O)ccc1OCC(O)CN1CCOCC1. The molecule has 0 aliphatic carbocycles. The third-order valence-electron chi connectivity index (χ3n) is 4.96. The number of β-amino-alcohol motifs (C(OH)–C–C–N with tert-alkyl or cyclic N) is 1. The van der Waals surface area contributed by atoms with Gasteiger partial charge in [-0.3, -0.25) is 4.90 Å². The number of ether oxygens (including phenoxy) is 4. The van der Waals surface area contributed by atoms with Crippen LogP contribution in [-0.4, -0.2) is 99.9 Å². The Morgan fingerprint density at radius 1 is 1.21 bits per heavy atom. The summed E-state index contributed by atoms with van der Waals surface area (Å²) in [7, 11) is 1.60. The van der Waals surface area contributed by atoms with E-state index in [9.17, 15) is 9.90 Å². The molecule has 0 bridgehead atoms. The van der Waals surface area contributed by atoms with Crippen molar-refractivity contribution in [2.75, 3.05) is 72.8 Å². The van der Waals surface area contributed by atoms with Gasteiger partial charge in [-0.05, 0) is 17.7 Å². The van der Waals surface area contributed by atoms with E-state index in [1.807, 2.05) is 18.2 Å². The Balaban J connectivity index is 1.41. The van der Waals surface area contributed by atoms with Gasteiger partial charge in [-0.2, -0.15) is 0 Å². The van der Waals surface area contributed by atoms with E-state index in [-0.39, 0.29) is 12.7 Å². The molecule has 1 amide bonds. The number of carbonyl (C=O) groups is 1. The van der Waals surface area contributed by atoms with Crippen molar-refractivity contribution >= 4 is 6.09 Å². The first kappa shape index (κ1) is 21.6. The zero-order chi connectivity index (χ0) is 20.5. The summed E-state index contributed by atoms with van der Waals surface area (Å²) in [6, 6.07) is 5.74. The van der Waals surface area contributed by atoms with Gasteiger partial charge in [0.2, 0.25) is 0 Å². The van der Waals surface area contributed by atoms with E-state index in [1.54, 1.807) is 12.0 Å². The second kappa shape index (κ2) is 11.2. The predicted molar refractivity (Wildman–Crippen MR) is 106 cm³/mol. The number of cyclic esters (lactones) is 1. The highest BCUT2D eigenvalue weighted by molar-refractivity contribution is 5.69. The Bertz CT molecular complexity index is 653. The van der Waals surface area contributed by atoms with Crippen LogP contribution in [0.5, 0.6) is 11.5 Å². The van der Waals surface area contributed by atoms with E-state index in [4.69, 9.17) is 18.9 Å². The minimum atomic E-state index is -0.573. The van der Waals surface area contributed by atoms with Crippen LogP contribution in [0.2, 0.25) is 0 Å². The second-order valence-electron chi connectivity index (χ2n) is 7.14. The summed E-state index contributed by atoms with van der Waals surface area (Å²) in [5, 5.41) is 13.6. The van der Waals surface area contributed by atoms with E-state index in [1.165, 1.54) is 0 Å². The molecule has 2 aliphatic rings. The van der Waals surface area contributed by atoms with Gasteiger partial charge < -0.3 is 34.3 Å². The molecule has 9 nitrogen and oxygen atoms in total. The van der Waals surface area contributed by atoms with Gasteiger partial charge in [0.05, 0.1) is 26.9 Å². The molecule has 3 rings (SSSR count). The maximum atomic E-state index is 11.4. The molecule has 9 heteroatoms. The molecule has 1 unspecified atom stereocenters. The first-order chi connectivity index (χ1) is 14.2. The quantitative estimate of drug-likeness (QED) is 0.505. The molecule has 0 saturated carbocycles. The van der Waals surface area contributed by atoms with Crippen LogP contribution < -0.4 is 14.8 Å². The van der Waals surface area contributed by atoms with Crippen molar-refractivity contribution in [1.29, 1.82) is 0 Å².